The normalized spacial score (nSPS) is 20.6. The SMILES string of the molecule is CCC(=O)C1CCC(N(Cc2ccccc2)Cc2ccccc2)CC1. The molecule has 0 heterocycles. The maximum atomic E-state index is 12.0. The van der Waals surface area contributed by atoms with Crippen molar-refractivity contribution >= 4 is 5.78 Å². The molecule has 132 valence electrons. The molecule has 1 aliphatic carbocycles. The van der Waals surface area contributed by atoms with Crippen LogP contribution in [0.5, 0.6) is 0 Å². The third kappa shape index (κ3) is 5.02. The van der Waals surface area contributed by atoms with E-state index in [0.717, 1.165) is 38.8 Å². The minimum absolute atomic E-state index is 0.302. The molecule has 2 nitrogen and oxygen atoms in total. The number of rotatable bonds is 7. The van der Waals surface area contributed by atoms with E-state index in [0.29, 0.717) is 24.2 Å². The number of ketones is 1. The minimum Gasteiger partial charge on any atom is -0.299 e. The number of carbonyl (C=O) groups excluding carboxylic acids is 1. The highest BCUT2D eigenvalue weighted by molar-refractivity contribution is 5.80. The van der Waals surface area contributed by atoms with Crippen LogP contribution >= 0.6 is 0 Å². The van der Waals surface area contributed by atoms with Crippen molar-refractivity contribution in [3.63, 3.8) is 0 Å². The number of carbonyl (C=O) groups is 1. The van der Waals surface area contributed by atoms with Crippen LogP contribution in [-0.2, 0) is 17.9 Å². The summed E-state index contributed by atoms with van der Waals surface area (Å²) in [7, 11) is 0. The van der Waals surface area contributed by atoms with E-state index in [9.17, 15) is 4.79 Å². The summed E-state index contributed by atoms with van der Waals surface area (Å²) in [5.74, 6) is 0.757. The molecule has 1 saturated carbocycles. The van der Waals surface area contributed by atoms with Crippen molar-refractivity contribution in [2.24, 2.45) is 5.92 Å². The molecule has 2 heteroatoms. The molecule has 0 saturated heterocycles. The molecule has 0 radical (unpaired) electrons. The molecule has 0 atom stereocenters. The molecular weight excluding hydrogens is 306 g/mol. The van der Waals surface area contributed by atoms with E-state index in [-0.39, 0.29) is 0 Å². The molecule has 1 fully saturated rings. The third-order valence-corrected chi connectivity index (χ3v) is 5.47. The Morgan fingerprint density at radius 1 is 0.840 bits per heavy atom. The van der Waals surface area contributed by atoms with E-state index >= 15 is 0 Å². The van der Waals surface area contributed by atoms with E-state index in [1.54, 1.807) is 0 Å². The summed E-state index contributed by atoms with van der Waals surface area (Å²) in [6.07, 6.45) is 5.06. The van der Waals surface area contributed by atoms with Crippen LogP contribution in [0.15, 0.2) is 60.7 Å². The Morgan fingerprint density at radius 3 is 1.76 bits per heavy atom. The maximum absolute atomic E-state index is 12.0. The zero-order chi connectivity index (χ0) is 17.5. The van der Waals surface area contributed by atoms with Crippen molar-refractivity contribution in [1.82, 2.24) is 4.90 Å². The predicted molar refractivity (Wildman–Crippen MR) is 103 cm³/mol. The highest BCUT2D eigenvalue weighted by atomic mass is 16.1. The lowest BCUT2D eigenvalue weighted by Gasteiger charge is -2.36. The van der Waals surface area contributed by atoms with Gasteiger partial charge >= 0.3 is 0 Å². The van der Waals surface area contributed by atoms with Gasteiger partial charge in [0, 0.05) is 31.5 Å². The Bertz CT molecular complexity index is 603. The fourth-order valence-electron chi connectivity index (χ4n) is 4.00. The topological polar surface area (TPSA) is 20.3 Å². The van der Waals surface area contributed by atoms with E-state index in [1.165, 1.54) is 11.1 Å². The Morgan fingerprint density at radius 2 is 1.32 bits per heavy atom. The largest absolute Gasteiger partial charge is 0.299 e. The van der Waals surface area contributed by atoms with Gasteiger partial charge in [0.15, 0.2) is 0 Å². The summed E-state index contributed by atoms with van der Waals surface area (Å²) >= 11 is 0. The van der Waals surface area contributed by atoms with Gasteiger partial charge in [0.2, 0.25) is 0 Å². The smallest absolute Gasteiger partial charge is 0.135 e. The van der Waals surface area contributed by atoms with Crippen LogP contribution < -0.4 is 0 Å². The first kappa shape index (κ1) is 17.9. The molecule has 0 amide bonds. The lowest BCUT2D eigenvalue weighted by Crippen LogP contribution is -2.38. The number of Topliss-reactive ketones (excluding diaryl/α,β-unsaturated/α-hetero) is 1. The van der Waals surface area contributed by atoms with Gasteiger partial charge in [-0.1, -0.05) is 67.6 Å². The molecule has 0 bridgehead atoms. The Hall–Kier alpha value is -1.93. The number of hydrogen-bond donors (Lipinski definition) is 0. The van der Waals surface area contributed by atoms with Crippen molar-refractivity contribution in [3.05, 3.63) is 71.8 Å². The minimum atomic E-state index is 0.302. The average molecular weight is 335 g/mol. The van der Waals surface area contributed by atoms with Crippen LogP contribution in [0.25, 0.3) is 0 Å². The predicted octanol–water partition coefficient (Wildman–Crippen LogP) is 5.23. The van der Waals surface area contributed by atoms with Crippen LogP contribution in [0.4, 0.5) is 0 Å². The van der Waals surface area contributed by atoms with Crippen molar-refractivity contribution in [2.45, 2.75) is 58.2 Å². The first-order valence-corrected chi connectivity index (χ1v) is 9.61. The molecule has 0 aromatic heterocycles. The van der Waals surface area contributed by atoms with Crippen molar-refractivity contribution in [3.8, 4) is 0 Å². The second-order valence-corrected chi connectivity index (χ2v) is 7.20. The molecule has 3 rings (SSSR count). The molecule has 0 spiro atoms. The highest BCUT2D eigenvalue weighted by Gasteiger charge is 2.28. The van der Waals surface area contributed by atoms with E-state index in [4.69, 9.17) is 0 Å². The van der Waals surface area contributed by atoms with E-state index in [2.05, 4.69) is 65.6 Å². The molecule has 1 aliphatic rings. The number of benzene rings is 2. The molecule has 0 aliphatic heterocycles. The van der Waals surface area contributed by atoms with Gasteiger partial charge in [-0.2, -0.15) is 0 Å². The van der Waals surface area contributed by atoms with Gasteiger partial charge in [0.25, 0.3) is 0 Å². The molecule has 0 N–H and O–H groups in total. The first-order chi connectivity index (χ1) is 12.3. The molecular formula is C23H29NO. The fourth-order valence-corrected chi connectivity index (χ4v) is 4.00. The van der Waals surface area contributed by atoms with Crippen LogP contribution in [0, 0.1) is 5.92 Å². The summed E-state index contributed by atoms with van der Waals surface area (Å²) < 4.78 is 0. The van der Waals surface area contributed by atoms with Gasteiger partial charge in [0.1, 0.15) is 5.78 Å². The third-order valence-electron chi connectivity index (χ3n) is 5.47. The number of hydrogen-bond acceptors (Lipinski definition) is 2. The second-order valence-electron chi connectivity index (χ2n) is 7.20. The zero-order valence-electron chi connectivity index (χ0n) is 15.2. The van der Waals surface area contributed by atoms with Gasteiger partial charge < -0.3 is 0 Å². The van der Waals surface area contributed by atoms with Crippen LogP contribution in [0.2, 0.25) is 0 Å². The van der Waals surface area contributed by atoms with Gasteiger partial charge in [0.05, 0.1) is 0 Å². The first-order valence-electron chi connectivity index (χ1n) is 9.61. The van der Waals surface area contributed by atoms with Crippen molar-refractivity contribution in [2.75, 3.05) is 0 Å². The van der Waals surface area contributed by atoms with Gasteiger partial charge in [-0.15, -0.1) is 0 Å². The fraction of sp³-hybridized carbons (Fsp3) is 0.435. The molecule has 2 aromatic rings. The Kier molecular flexibility index (Phi) is 6.41. The van der Waals surface area contributed by atoms with E-state index < -0.39 is 0 Å². The molecule has 0 unspecified atom stereocenters. The van der Waals surface area contributed by atoms with E-state index in [1.807, 2.05) is 6.92 Å². The second kappa shape index (κ2) is 8.96. The lowest BCUT2D eigenvalue weighted by atomic mass is 9.82. The Balaban J connectivity index is 1.69. The van der Waals surface area contributed by atoms with Gasteiger partial charge in [-0.3, -0.25) is 9.69 Å². The average Bonchev–Trinajstić information content (AvgIpc) is 2.68. The quantitative estimate of drug-likeness (QED) is 0.691. The van der Waals surface area contributed by atoms with Crippen LogP contribution in [0.3, 0.4) is 0 Å². The summed E-state index contributed by atoms with van der Waals surface area (Å²) in [5, 5.41) is 0. The summed E-state index contributed by atoms with van der Waals surface area (Å²) in [4.78, 5) is 14.6. The summed E-state index contributed by atoms with van der Waals surface area (Å²) in [6.45, 7) is 3.95. The lowest BCUT2D eigenvalue weighted by molar-refractivity contribution is -0.123. The van der Waals surface area contributed by atoms with Crippen molar-refractivity contribution < 1.29 is 4.79 Å². The summed E-state index contributed by atoms with van der Waals surface area (Å²) in [6, 6.07) is 22.0. The Labute approximate surface area is 151 Å². The molecule has 25 heavy (non-hydrogen) atoms. The monoisotopic (exact) mass is 335 g/mol. The maximum Gasteiger partial charge on any atom is 0.135 e. The van der Waals surface area contributed by atoms with Crippen LogP contribution in [-0.4, -0.2) is 16.7 Å². The van der Waals surface area contributed by atoms with Crippen molar-refractivity contribution in [1.29, 1.82) is 0 Å². The van der Waals surface area contributed by atoms with Gasteiger partial charge in [-0.25, -0.2) is 0 Å². The highest BCUT2D eigenvalue weighted by Crippen LogP contribution is 2.30. The van der Waals surface area contributed by atoms with Gasteiger partial charge in [-0.05, 0) is 36.8 Å². The molecule has 2 aromatic carbocycles. The van der Waals surface area contributed by atoms with Crippen LogP contribution in [0.1, 0.15) is 50.2 Å². The standard InChI is InChI=1S/C23H29NO/c1-2-23(25)21-13-15-22(16-14-21)24(17-19-9-5-3-6-10-19)18-20-11-7-4-8-12-20/h3-12,21-22H,2,13-18H2,1H3. The summed E-state index contributed by atoms with van der Waals surface area (Å²) in [5.41, 5.74) is 2.73. The zero-order valence-corrected chi connectivity index (χ0v) is 15.2. The number of nitrogens with zero attached hydrogens (tertiary/aromatic N) is 1.